The number of nitrogens with zero attached hydrogens (tertiary/aromatic N) is 1. The molecule has 0 fully saturated rings. The number of amides is 1. The molecule has 0 saturated heterocycles. The van der Waals surface area contributed by atoms with Gasteiger partial charge < -0.3 is 5.32 Å². The predicted molar refractivity (Wildman–Crippen MR) is 120 cm³/mol. The van der Waals surface area contributed by atoms with E-state index in [1.54, 1.807) is 12.1 Å². The van der Waals surface area contributed by atoms with Crippen molar-refractivity contribution in [3.8, 4) is 0 Å². The second-order valence-electron chi connectivity index (χ2n) is 7.95. The molecule has 3 aromatic rings. The lowest BCUT2D eigenvalue weighted by atomic mass is 10.0. The Morgan fingerprint density at radius 1 is 1.03 bits per heavy atom. The summed E-state index contributed by atoms with van der Waals surface area (Å²) in [6, 6.07) is 17.0. The number of aryl methyl sites for hydroxylation is 2. The quantitative estimate of drug-likeness (QED) is 0.630. The van der Waals surface area contributed by atoms with Crippen molar-refractivity contribution in [3.05, 3.63) is 71.3 Å². The first-order chi connectivity index (χ1) is 14.3. The summed E-state index contributed by atoms with van der Waals surface area (Å²) in [7, 11) is -3.57. The monoisotopic (exact) mass is 422 g/mol. The summed E-state index contributed by atoms with van der Waals surface area (Å²) in [5.74, 6) is -0.0759. The van der Waals surface area contributed by atoms with Crippen molar-refractivity contribution < 1.29 is 13.2 Å². The zero-order valence-electron chi connectivity index (χ0n) is 17.5. The molecular formula is C24H26N2O3S. The SMILES string of the molecule is Cc1ccc([C@H](C)NC(=O)CCCN2c3cccc4cccc(c34)S2(=O)=O)cc1C. The zero-order chi connectivity index (χ0) is 21.5. The summed E-state index contributed by atoms with van der Waals surface area (Å²) in [6.45, 7) is 6.36. The Hall–Kier alpha value is -2.86. The van der Waals surface area contributed by atoms with Crippen molar-refractivity contribution in [2.45, 2.75) is 44.6 Å². The van der Waals surface area contributed by atoms with E-state index in [1.165, 1.54) is 15.4 Å². The van der Waals surface area contributed by atoms with Crippen LogP contribution < -0.4 is 9.62 Å². The fourth-order valence-electron chi connectivity index (χ4n) is 4.01. The van der Waals surface area contributed by atoms with Gasteiger partial charge in [-0.1, -0.05) is 42.5 Å². The average molecular weight is 423 g/mol. The molecular weight excluding hydrogens is 396 g/mol. The second kappa shape index (κ2) is 7.76. The van der Waals surface area contributed by atoms with E-state index in [0.29, 0.717) is 17.0 Å². The van der Waals surface area contributed by atoms with Crippen molar-refractivity contribution >= 4 is 32.4 Å². The van der Waals surface area contributed by atoms with Crippen LogP contribution in [0.15, 0.2) is 59.5 Å². The lowest BCUT2D eigenvalue weighted by Gasteiger charge is -2.19. The molecule has 30 heavy (non-hydrogen) atoms. The minimum absolute atomic E-state index is 0.0759. The molecule has 6 heteroatoms. The van der Waals surface area contributed by atoms with Crippen molar-refractivity contribution in [3.63, 3.8) is 0 Å². The van der Waals surface area contributed by atoms with Gasteiger partial charge in [0.05, 0.1) is 16.6 Å². The Bertz CT molecular complexity index is 1230. The van der Waals surface area contributed by atoms with Gasteiger partial charge in [0.25, 0.3) is 10.0 Å². The summed E-state index contributed by atoms with van der Waals surface area (Å²) < 4.78 is 27.4. The molecule has 0 aliphatic carbocycles. The van der Waals surface area contributed by atoms with Crippen LogP contribution in [0.25, 0.3) is 10.8 Å². The van der Waals surface area contributed by atoms with Crippen molar-refractivity contribution in [2.24, 2.45) is 0 Å². The van der Waals surface area contributed by atoms with Crippen LogP contribution in [-0.4, -0.2) is 20.9 Å². The number of nitrogens with one attached hydrogen (secondary N) is 1. The van der Waals surface area contributed by atoms with Gasteiger partial charge >= 0.3 is 0 Å². The molecule has 0 radical (unpaired) electrons. The van der Waals surface area contributed by atoms with Gasteiger partial charge in [0, 0.05) is 18.4 Å². The molecule has 3 aromatic carbocycles. The fraction of sp³-hybridized carbons (Fsp3) is 0.292. The van der Waals surface area contributed by atoms with Crippen molar-refractivity contribution in [1.29, 1.82) is 0 Å². The van der Waals surface area contributed by atoms with Crippen LogP contribution in [0.4, 0.5) is 5.69 Å². The topological polar surface area (TPSA) is 66.5 Å². The minimum atomic E-state index is -3.57. The van der Waals surface area contributed by atoms with Gasteiger partial charge in [-0.25, -0.2) is 8.42 Å². The number of benzene rings is 3. The van der Waals surface area contributed by atoms with Gasteiger partial charge in [-0.05, 0) is 61.4 Å². The van der Waals surface area contributed by atoms with Gasteiger partial charge in [-0.15, -0.1) is 0 Å². The van der Waals surface area contributed by atoms with E-state index in [9.17, 15) is 13.2 Å². The van der Waals surface area contributed by atoms with E-state index in [0.717, 1.165) is 16.3 Å². The molecule has 1 N–H and O–H groups in total. The molecule has 0 unspecified atom stereocenters. The van der Waals surface area contributed by atoms with Crippen LogP contribution in [-0.2, 0) is 14.8 Å². The predicted octanol–water partition coefficient (Wildman–Crippen LogP) is 4.62. The van der Waals surface area contributed by atoms with Crippen LogP contribution in [0.1, 0.15) is 42.5 Å². The first-order valence-electron chi connectivity index (χ1n) is 10.2. The van der Waals surface area contributed by atoms with Gasteiger partial charge in [0.2, 0.25) is 5.91 Å². The highest BCUT2D eigenvalue weighted by Crippen LogP contribution is 2.41. The first-order valence-corrected chi connectivity index (χ1v) is 11.6. The number of sulfonamides is 1. The van der Waals surface area contributed by atoms with Crippen LogP contribution in [0.5, 0.6) is 0 Å². The Morgan fingerprint density at radius 3 is 2.50 bits per heavy atom. The van der Waals surface area contributed by atoms with Gasteiger partial charge in [-0.3, -0.25) is 9.10 Å². The van der Waals surface area contributed by atoms with Crippen LogP contribution >= 0.6 is 0 Å². The van der Waals surface area contributed by atoms with E-state index in [1.807, 2.05) is 37.3 Å². The Kier molecular flexibility index (Phi) is 5.28. The second-order valence-corrected chi connectivity index (χ2v) is 9.78. The molecule has 156 valence electrons. The van der Waals surface area contributed by atoms with E-state index in [4.69, 9.17) is 0 Å². The Balaban J connectivity index is 1.40. The zero-order valence-corrected chi connectivity index (χ0v) is 18.3. The third kappa shape index (κ3) is 3.56. The summed E-state index contributed by atoms with van der Waals surface area (Å²) in [5.41, 5.74) is 4.18. The first kappa shape index (κ1) is 20.4. The highest BCUT2D eigenvalue weighted by molar-refractivity contribution is 7.93. The highest BCUT2D eigenvalue weighted by atomic mass is 32.2. The summed E-state index contributed by atoms with van der Waals surface area (Å²) in [4.78, 5) is 12.8. The summed E-state index contributed by atoms with van der Waals surface area (Å²) in [5, 5.41) is 4.70. The normalized spacial score (nSPS) is 15.4. The van der Waals surface area contributed by atoms with Crippen molar-refractivity contribution in [2.75, 3.05) is 10.8 Å². The van der Waals surface area contributed by atoms with Crippen LogP contribution in [0.3, 0.4) is 0 Å². The third-order valence-electron chi connectivity index (χ3n) is 5.85. The minimum Gasteiger partial charge on any atom is -0.350 e. The van der Waals surface area contributed by atoms with E-state index in [-0.39, 0.29) is 24.9 Å². The molecule has 0 saturated carbocycles. The van der Waals surface area contributed by atoms with E-state index in [2.05, 4.69) is 31.3 Å². The van der Waals surface area contributed by atoms with Gasteiger partial charge in [0.1, 0.15) is 0 Å². The maximum atomic E-state index is 13.0. The molecule has 1 aliphatic heterocycles. The lowest BCUT2D eigenvalue weighted by molar-refractivity contribution is -0.121. The van der Waals surface area contributed by atoms with E-state index < -0.39 is 10.0 Å². The molecule has 1 atom stereocenters. The van der Waals surface area contributed by atoms with Crippen molar-refractivity contribution in [1.82, 2.24) is 5.32 Å². The number of carbonyl (C=O) groups excluding carboxylic acids is 1. The standard InChI is InChI=1S/C24H26N2O3S/c1-16-12-13-20(15-17(16)2)18(3)25-23(27)11-6-14-26-21-9-4-7-19-8-5-10-22(24(19)21)30(26,28)29/h4-5,7-10,12-13,15,18H,6,11,14H2,1-3H3,(H,25,27)/t18-/m0/s1. The Labute approximate surface area is 177 Å². The number of rotatable bonds is 6. The molecule has 1 amide bonds. The number of anilines is 1. The van der Waals surface area contributed by atoms with E-state index >= 15 is 0 Å². The van der Waals surface area contributed by atoms with Crippen LogP contribution in [0.2, 0.25) is 0 Å². The highest BCUT2D eigenvalue weighted by Gasteiger charge is 2.35. The fourth-order valence-corrected chi connectivity index (χ4v) is 5.76. The number of hydrogen-bond donors (Lipinski definition) is 1. The molecule has 4 rings (SSSR count). The summed E-state index contributed by atoms with van der Waals surface area (Å²) >= 11 is 0. The smallest absolute Gasteiger partial charge is 0.265 e. The van der Waals surface area contributed by atoms with Gasteiger partial charge in [0.15, 0.2) is 0 Å². The number of carbonyl (C=O) groups is 1. The van der Waals surface area contributed by atoms with Gasteiger partial charge in [-0.2, -0.15) is 0 Å². The summed E-state index contributed by atoms with van der Waals surface area (Å²) in [6.07, 6.45) is 0.725. The largest absolute Gasteiger partial charge is 0.350 e. The van der Waals surface area contributed by atoms with Crippen LogP contribution in [0, 0.1) is 13.8 Å². The molecule has 1 aliphatic rings. The lowest BCUT2D eigenvalue weighted by Crippen LogP contribution is -2.30. The molecule has 0 spiro atoms. The third-order valence-corrected chi connectivity index (χ3v) is 7.71. The Morgan fingerprint density at radius 2 is 1.77 bits per heavy atom. The molecule has 1 heterocycles. The molecule has 0 bridgehead atoms. The maximum Gasteiger partial charge on any atom is 0.265 e. The molecule has 5 nitrogen and oxygen atoms in total. The molecule has 0 aromatic heterocycles. The average Bonchev–Trinajstić information content (AvgIpc) is 2.93. The maximum absolute atomic E-state index is 13.0. The number of hydrogen-bond acceptors (Lipinski definition) is 3.